The lowest BCUT2D eigenvalue weighted by Crippen LogP contribution is -2.41. The molecule has 7 heteroatoms. The van der Waals surface area contributed by atoms with E-state index in [0.717, 1.165) is 0 Å². The van der Waals surface area contributed by atoms with E-state index in [4.69, 9.17) is 16.7 Å². The highest BCUT2D eigenvalue weighted by molar-refractivity contribution is 7.98. The van der Waals surface area contributed by atoms with E-state index >= 15 is 0 Å². The molecule has 18 heavy (non-hydrogen) atoms. The standard InChI is InChI=1S/C11H13ClN2O3S/c1-18-5-3-8(11(16)17)14-10(15)7-2-4-13-9(12)6-7/h2,4,6,8H,3,5H2,1H3,(H,14,15)(H,16,17)/t8-/m0/s1. The van der Waals surface area contributed by atoms with Crippen LogP contribution in [0.2, 0.25) is 5.15 Å². The van der Waals surface area contributed by atoms with E-state index in [1.165, 1.54) is 30.1 Å². The first-order valence-electron chi connectivity index (χ1n) is 5.18. The number of nitrogens with zero attached hydrogens (tertiary/aromatic N) is 1. The Bertz CT molecular complexity index is 442. The molecule has 98 valence electrons. The molecule has 0 fully saturated rings. The number of carboxylic acids is 1. The Morgan fingerprint density at radius 1 is 1.61 bits per heavy atom. The van der Waals surface area contributed by atoms with Crippen molar-refractivity contribution in [2.75, 3.05) is 12.0 Å². The molecule has 1 rings (SSSR count). The zero-order chi connectivity index (χ0) is 13.5. The van der Waals surface area contributed by atoms with E-state index in [-0.39, 0.29) is 5.15 Å². The molecule has 0 spiro atoms. The van der Waals surface area contributed by atoms with E-state index in [1.54, 1.807) is 0 Å². The van der Waals surface area contributed by atoms with Crippen LogP contribution >= 0.6 is 23.4 Å². The Balaban J connectivity index is 2.69. The Hall–Kier alpha value is -1.27. The van der Waals surface area contributed by atoms with Crippen molar-refractivity contribution in [3.63, 3.8) is 0 Å². The van der Waals surface area contributed by atoms with Gasteiger partial charge in [0.2, 0.25) is 0 Å². The molecule has 0 aliphatic carbocycles. The van der Waals surface area contributed by atoms with Crippen LogP contribution in [0.4, 0.5) is 0 Å². The molecular formula is C11H13ClN2O3S. The summed E-state index contributed by atoms with van der Waals surface area (Å²) in [6, 6.07) is 1.98. The largest absolute Gasteiger partial charge is 0.480 e. The average molecular weight is 289 g/mol. The molecule has 1 heterocycles. The number of aromatic nitrogens is 1. The minimum atomic E-state index is -1.04. The summed E-state index contributed by atoms with van der Waals surface area (Å²) in [5, 5.41) is 11.6. The second-order valence-electron chi connectivity index (χ2n) is 3.51. The third-order valence-corrected chi connectivity index (χ3v) is 3.05. The maximum Gasteiger partial charge on any atom is 0.326 e. The van der Waals surface area contributed by atoms with Gasteiger partial charge in [-0.25, -0.2) is 9.78 Å². The fourth-order valence-electron chi connectivity index (χ4n) is 1.28. The van der Waals surface area contributed by atoms with Crippen LogP contribution in [-0.2, 0) is 4.79 Å². The number of pyridine rings is 1. The van der Waals surface area contributed by atoms with Crippen molar-refractivity contribution in [2.24, 2.45) is 0 Å². The first-order valence-corrected chi connectivity index (χ1v) is 6.96. The van der Waals surface area contributed by atoms with Crippen LogP contribution in [0.5, 0.6) is 0 Å². The first-order chi connectivity index (χ1) is 8.54. The quantitative estimate of drug-likeness (QED) is 0.779. The number of hydrogen-bond donors (Lipinski definition) is 2. The van der Waals surface area contributed by atoms with E-state index in [0.29, 0.717) is 17.7 Å². The molecule has 1 aromatic rings. The predicted molar refractivity (Wildman–Crippen MR) is 71.1 cm³/mol. The highest BCUT2D eigenvalue weighted by atomic mass is 35.5. The van der Waals surface area contributed by atoms with Crippen LogP contribution in [-0.4, -0.2) is 40.0 Å². The molecule has 1 amide bonds. The zero-order valence-electron chi connectivity index (χ0n) is 9.72. The summed E-state index contributed by atoms with van der Waals surface area (Å²) in [7, 11) is 0. The number of carbonyl (C=O) groups is 2. The van der Waals surface area contributed by atoms with Crippen LogP contribution in [0.25, 0.3) is 0 Å². The van der Waals surface area contributed by atoms with Crippen LogP contribution < -0.4 is 5.32 Å². The van der Waals surface area contributed by atoms with Gasteiger partial charge in [-0.15, -0.1) is 0 Å². The molecule has 0 unspecified atom stereocenters. The lowest BCUT2D eigenvalue weighted by Gasteiger charge is -2.13. The van der Waals surface area contributed by atoms with Gasteiger partial charge in [0, 0.05) is 11.8 Å². The van der Waals surface area contributed by atoms with Crippen molar-refractivity contribution in [1.82, 2.24) is 10.3 Å². The number of aliphatic carboxylic acids is 1. The number of rotatable bonds is 6. The summed E-state index contributed by atoms with van der Waals surface area (Å²) in [5.74, 6) is -0.848. The van der Waals surface area contributed by atoms with Crippen LogP contribution in [0.15, 0.2) is 18.3 Å². The number of carbonyl (C=O) groups excluding carboxylic acids is 1. The van der Waals surface area contributed by atoms with E-state index in [9.17, 15) is 9.59 Å². The van der Waals surface area contributed by atoms with Crippen molar-refractivity contribution in [2.45, 2.75) is 12.5 Å². The van der Waals surface area contributed by atoms with Crippen molar-refractivity contribution in [3.05, 3.63) is 29.0 Å². The van der Waals surface area contributed by atoms with Gasteiger partial charge in [-0.1, -0.05) is 11.6 Å². The van der Waals surface area contributed by atoms with Gasteiger partial charge >= 0.3 is 5.97 Å². The van der Waals surface area contributed by atoms with Gasteiger partial charge in [0.15, 0.2) is 0 Å². The summed E-state index contributed by atoms with van der Waals surface area (Å²) in [5.41, 5.74) is 0.297. The topological polar surface area (TPSA) is 79.3 Å². The van der Waals surface area contributed by atoms with Crippen molar-refractivity contribution >= 4 is 35.2 Å². The number of hydrogen-bond acceptors (Lipinski definition) is 4. The van der Waals surface area contributed by atoms with Gasteiger partial charge in [0.1, 0.15) is 11.2 Å². The molecular weight excluding hydrogens is 276 g/mol. The van der Waals surface area contributed by atoms with E-state index < -0.39 is 17.9 Å². The maximum absolute atomic E-state index is 11.8. The number of halogens is 1. The normalized spacial score (nSPS) is 11.9. The summed E-state index contributed by atoms with van der Waals surface area (Å²) < 4.78 is 0. The Morgan fingerprint density at radius 3 is 2.89 bits per heavy atom. The summed E-state index contributed by atoms with van der Waals surface area (Å²) in [6.07, 6.45) is 3.65. The Morgan fingerprint density at radius 2 is 2.33 bits per heavy atom. The average Bonchev–Trinajstić information content (AvgIpc) is 2.33. The highest BCUT2D eigenvalue weighted by Crippen LogP contribution is 2.08. The van der Waals surface area contributed by atoms with Crippen molar-refractivity contribution in [3.8, 4) is 0 Å². The molecule has 0 aliphatic heterocycles. The maximum atomic E-state index is 11.8. The second-order valence-corrected chi connectivity index (χ2v) is 4.89. The van der Waals surface area contributed by atoms with Crippen molar-refractivity contribution < 1.29 is 14.7 Å². The third kappa shape index (κ3) is 4.54. The fraction of sp³-hybridized carbons (Fsp3) is 0.364. The Kier molecular flexibility index (Phi) is 5.94. The SMILES string of the molecule is CSCC[C@H](NC(=O)c1ccnc(Cl)c1)C(=O)O. The smallest absolute Gasteiger partial charge is 0.326 e. The molecule has 0 saturated carbocycles. The molecule has 0 saturated heterocycles. The van der Waals surface area contributed by atoms with Crippen molar-refractivity contribution in [1.29, 1.82) is 0 Å². The van der Waals surface area contributed by atoms with Gasteiger partial charge in [-0.05, 0) is 30.6 Å². The van der Waals surface area contributed by atoms with Crippen LogP contribution in [0.3, 0.4) is 0 Å². The third-order valence-electron chi connectivity index (χ3n) is 2.20. The summed E-state index contributed by atoms with van der Waals surface area (Å²) in [6.45, 7) is 0. The van der Waals surface area contributed by atoms with Gasteiger partial charge in [0.25, 0.3) is 5.91 Å². The summed E-state index contributed by atoms with van der Waals surface area (Å²) in [4.78, 5) is 26.5. The van der Waals surface area contributed by atoms with Gasteiger partial charge in [-0.2, -0.15) is 11.8 Å². The van der Waals surface area contributed by atoms with E-state index in [2.05, 4.69) is 10.3 Å². The number of carboxylic acid groups (broad SMARTS) is 1. The predicted octanol–water partition coefficient (Wildman–Crippen LogP) is 1.67. The monoisotopic (exact) mass is 288 g/mol. The molecule has 0 aromatic carbocycles. The number of thioether (sulfide) groups is 1. The minimum absolute atomic E-state index is 0.193. The van der Waals surface area contributed by atoms with Gasteiger partial charge < -0.3 is 10.4 Å². The van der Waals surface area contributed by atoms with Crippen LogP contribution in [0, 0.1) is 0 Å². The minimum Gasteiger partial charge on any atom is -0.480 e. The zero-order valence-corrected chi connectivity index (χ0v) is 11.3. The lowest BCUT2D eigenvalue weighted by atomic mass is 10.2. The van der Waals surface area contributed by atoms with Crippen LogP contribution in [0.1, 0.15) is 16.8 Å². The summed E-state index contributed by atoms with van der Waals surface area (Å²) >= 11 is 7.19. The molecule has 1 atom stereocenters. The molecule has 0 aliphatic rings. The number of amides is 1. The van der Waals surface area contributed by atoms with Gasteiger partial charge in [-0.3, -0.25) is 4.79 Å². The molecule has 0 radical (unpaired) electrons. The first kappa shape index (κ1) is 14.8. The molecule has 5 nitrogen and oxygen atoms in total. The van der Waals surface area contributed by atoms with Gasteiger partial charge in [0.05, 0.1) is 0 Å². The second kappa shape index (κ2) is 7.23. The molecule has 0 bridgehead atoms. The van der Waals surface area contributed by atoms with E-state index in [1.807, 2.05) is 6.26 Å². The molecule has 2 N–H and O–H groups in total. The highest BCUT2D eigenvalue weighted by Gasteiger charge is 2.20. The molecule has 1 aromatic heterocycles. The fourth-order valence-corrected chi connectivity index (χ4v) is 1.92. The lowest BCUT2D eigenvalue weighted by molar-refractivity contribution is -0.139. The number of nitrogens with one attached hydrogen (secondary N) is 1. The Labute approximate surface area is 114 Å².